The molecule has 0 aliphatic carbocycles. The van der Waals surface area contributed by atoms with Crippen molar-refractivity contribution in [2.75, 3.05) is 0 Å². The lowest BCUT2D eigenvalue weighted by atomic mass is 10.00. The highest BCUT2D eigenvalue weighted by molar-refractivity contribution is 6.01. The van der Waals surface area contributed by atoms with E-state index in [1.807, 2.05) is 0 Å². The van der Waals surface area contributed by atoms with Crippen LogP contribution in [0, 0.1) is 5.82 Å². The lowest BCUT2D eigenvalue weighted by molar-refractivity contribution is -0.260. The average Bonchev–Trinajstić information content (AvgIpc) is 2.14. The Morgan fingerprint density at radius 1 is 1.06 bits per heavy atom. The number of aromatic carboxylic acids is 2. The smallest absolute Gasteiger partial charge is 0.419 e. The van der Waals surface area contributed by atoms with Gasteiger partial charge in [-0.05, 0) is 12.1 Å². The van der Waals surface area contributed by atoms with Crippen molar-refractivity contribution in [3.63, 3.8) is 0 Å². The van der Waals surface area contributed by atoms with Gasteiger partial charge in [0.1, 0.15) is 11.4 Å². The van der Waals surface area contributed by atoms with Crippen LogP contribution in [-0.2, 0) is 6.18 Å². The van der Waals surface area contributed by atoms with Crippen molar-refractivity contribution in [1.82, 2.24) is 0 Å². The van der Waals surface area contributed by atoms with Gasteiger partial charge in [-0.3, -0.25) is 0 Å². The Morgan fingerprint density at radius 2 is 1.59 bits per heavy atom. The number of carboxylic acids is 2. The average molecular weight is 250 g/mol. The molecule has 0 spiro atoms. The van der Waals surface area contributed by atoms with E-state index in [9.17, 15) is 37.4 Å². The van der Waals surface area contributed by atoms with E-state index in [0.29, 0.717) is 6.07 Å². The molecule has 0 fully saturated rings. The summed E-state index contributed by atoms with van der Waals surface area (Å²) in [6, 6.07) is 0.561. The Hall–Kier alpha value is -2.12. The van der Waals surface area contributed by atoms with E-state index >= 15 is 0 Å². The molecule has 0 bridgehead atoms. The van der Waals surface area contributed by atoms with Gasteiger partial charge in [0.15, 0.2) is 0 Å². The number of benzene rings is 1. The molecule has 1 aromatic carbocycles. The molecule has 0 heterocycles. The topological polar surface area (TPSA) is 80.3 Å². The van der Waals surface area contributed by atoms with Gasteiger partial charge in [0, 0.05) is 11.1 Å². The molecule has 0 saturated carbocycles. The molecule has 0 saturated heterocycles. The summed E-state index contributed by atoms with van der Waals surface area (Å²) in [6.45, 7) is 0. The maximum atomic E-state index is 12.9. The molecule has 0 aliphatic heterocycles. The number of rotatable bonds is 2. The highest BCUT2D eigenvalue weighted by Gasteiger charge is 2.38. The Labute approximate surface area is 91.1 Å². The van der Waals surface area contributed by atoms with Crippen LogP contribution in [0.15, 0.2) is 12.1 Å². The predicted molar refractivity (Wildman–Crippen MR) is 40.1 cm³/mol. The molecule has 0 aliphatic rings. The van der Waals surface area contributed by atoms with Gasteiger partial charge in [0.2, 0.25) is 0 Å². The van der Waals surface area contributed by atoms with Gasteiger partial charge in [-0.2, -0.15) is 13.2 Å². The third-order valence-corrected chi connectivity index (χ3v) is 1.86. The molecule has 8 heteroatoms. The monoisotopic (exact) mass is 250 g/mol. The van der Waals surface area contributed by atoms with Crippen LogP contribution in [0.3, 0.4) is 0 Å². The van der Waals surface area contributed by atoms with Gasteiger partial charge < -0.3 is 19.8 Å². The molecule has 0 unspecified atom stereocenters. The molecular formula is C9H2F4O4-2. The van der Waals surface area contributed by atoms with E-state index in [1.54, 1.807) is 0 Å². The van der Waals surface area contributed by atoms with Crippen LogP contribution in [-0.4, -0.2) is 11.9 Å². The van der Waals surface area contributed by atoms with Gasteiger partial charge in [-0.25, -0.2) is 4.39 Å². The van der Waals surface area contributed by atoms with Crippen LogP contribution >= 0.6 is 0 Å². The highest BCUT2D eigenvalue weighted by atomic mass is 19.4. The summed E-state index contributed by atoms with van der Waals surface area (Å²) >= 11 is 0. The van der Waals surface area contributed by atoms with Gasteiger partial charge >= 0.3 is 6.18 Å². The first-order valence-electron chi connectivity index (χ1n) is 3.98. The van der Waals surface area contributed by atoms with E-state index in [0.717, 1.165) is 0 Å². The summed E-state index contributed by atoms with van der Waals surface area (Å²) in [7, 11) is 0. The molecule has 17 heavy (non-hydrogen) atoms. The summed E-state index contributed by atoms with van der Waals surface area (Å²) in [4.78, 5) is 20.9. The van der Waals surface area contributed by atoms with Crippen LogP contribution < -0.4 is 10.2 Å². The second kappa shape index (κ2) is 4.04. The van der Waals surface area contributed by atoms with E-state index in [-0.39, 0.29) is 6.07 Å². The summed E-state index contributed by atoms with van der Waals surface area (Å²) in [5.41, 5.74) is -5.27. The van der Waals surface area contributed by atoms with E-state index in [1.165, 1.54) is 0 Å². The normalized spacial score (nSPS) is 11.3. The fraction of sp³-hybridized carbons (Fsp3) is 0.111. The number of carboxylic acid groups (broad SMARTS) is 2. The van der Waals surface area contributed by atoms with Crippen molar-refractivity contribution in [3.8, 4) is 0 Å². The third-order valence-electron chi connectivity index (χ3n) is 1.86. The standard InChI is InChI=1S/C9H4F4O4/c10-4-2-1-3(7(14)15)5(8(16)17)6(4)9(11,12)13/h1-2H,(H,14,15)(H,16,17)/p-2. The summed E-state index contributed by atoms with van der Waals surface area (Å²) in [5, 5.41) is 20.9. The molecule has 4 nitrogen and oxygen atoms in total. The zero-order valence-corrected chi connectivity index (χ0v) is 7.80. The van der Waals surface area contributed by atoms with Crippen LogP contribution in [0.25, 0.3) is 0 Å². The van der Waals surface area contributed by atoms with Crippen LogP contribution in [0.4, 0.5) is 17.6 Å². The van der Waals surface area contributed by atoms with Gasteiger partial charge in [-0.1, -0.05) is 0 Å². The number of hydrogen-bond acceptors (Lipinski definition) is 4. The third kappa shape index (κ3) is 2.35. The maximum absolute atomic E-state index is 12.9. The molecule has 1 aromatic rings. The molecule has 0 N–H and O–H groups in total. The van der Waals surface area contributed by atoms with Crippen molar-refractivity contribution in [2.45, 2.75) is 6.18 Å². The van der Waals surface area contributed by atoms with E-state index < -0.39 is 40.6 Å². The number of carbonyl (C=O) groups is 2. The van der Waals surface area contributed by atoms with Crippen molar-refractivity contribution < 1.29 is 37.4 Å². The zero-order chi connectivity index (χ0) is 13.4. The van der Waals surface area contributed by atoms with E-state index in [4.69, 9.17) is 0 Å². The largest absolute Gasteiger partial charge is 0.545 e. The molecule has 0 atom stereocenters. The number of alkyl halides is 3. The molecule has 92 valence electrons. The lowest BCUT2D eigenvalue weighted by Crippen LogP contribution is -2.33. The zero-order valence-electron chi connectivity index (χ0n) is 7.80. The van der Waals surface area contributed by atoms with E-state index in [2.05, 4.69) is 0 Å². The molecular weight excluding hydrogens is 248 g/mol. The molecule has 0 amide bonds. The second-order valence-electron chi connectivity index (χ2n) is 2.92. The predicted octanol–water partition coefficient (Wildman–Crippen LogP) is -0.429. The first-order valence-corrected chi connectivity index (χ1v) is 3.98. The fourth-order valence-corrected chi connectivity index (χ4v) is 1.24. The second-order valence-corrected chi connectivity index (χ2v) is 2.92. The molecule has 0 radical (unpaired) electrons. The summed E-state index contributed by atoms with van der Waals surface area (Å²) < 4.78 is 50.0. The Kier molecular flexibility index (Phi) is 3.08. The number of hydrogen-bond donors (Lipinski definition) is 0. The van der Waals surface area contributed by atoms with Crippen LogP contribution in [0.1, 0.15) is 26.3 Å². The minimum atomic E-state index is -5.36. The number of carbonyl (C=O) groups excluding carboxylic acids is 2. The maximum Gasteiger partial charge on any atom is 0.419 e. The number of halogens is 4. The SMILES string of the molecule is O=C([O-])c1ccc(F)c(C(F)(F)F)c1C(=O)[O-]. The molecule has 1 rings (SSSR count). The van der Waals surface area contributed by atoms with Gasteiger partial charge in [0.25, 0.3) is 0 Å². The van der Waals surface area contributed by atoms with Crippen molar-refractivity contribution >= 4 is 11.9 Å². The quantitative estimate of drug-likeness (QED) is 0.667. The molecule has 0 aromatic heterocycles. The highest BCUT2D eigenvalue weighted by Crippen LogP contribution is 2.35. The minimum absolute atomic E-state index is 0.195. The van der Waals surface area contributed by atoms with Crippen molar-refractivity contribution in [1.29, 1.82) is 0 Å². The Balaban J connectivity index is 3.73. The Morgan fingerprint density at radius 3 is 1.94 bits per heavy atom. The summed E-state index contributed by atoms with van der Waals surface area (Å²) in [6.07, 6.45) is -5.36. The van der Waals surface area contributed by atoms with Crippen molar-refractivity contribution in [2.24, 2.45) is 0 Å². The van der Waals surface area contributed by atoms with Gasteiger partial charge in [0.05, 0.1) is 11.9 Å². The van der Waals surface area contributed by atoms with Crippen LogP contribution in [0.5, 0.6) is 0 Å². The van der Waals surface area contributed by atoms with Gasteiger partial charge in [-0.15, -0.1) is 0 Å². The van der Waals surface area contributed by atoms with Crippen molar-refractivity contribution in [3.05, 3.63) is 34.6 Å². The fourth-order valence-electron chi connectivity index (χ4n) is 1.24. The van der Waals surface area contributed by atoms with Crippen LogP contribution in [0.2, 0.25) is 0 Å². The summed E-state index contributed by atoms with van der Waals surface area (Å²) in [5.74, 6) is -6.52. The lowest BCUT2D eigenvalue weighted by Gasteiger charge is -2.18. The first kappa shape index (κ1) is 12.9. The minimum Gasteiger partial charge on any atom is -0.545 e. The Bertz CT molecular complexity index is 493. The first-order chi connectivity index (χ1) is 7.66.